The molecule has 0 fully saturated rings. The molecule has 1 unspecified atom stereocenters. The Morgan fingerprint density at radius 1 is 1.50 bits per heavy atom. The highest BCUT2D eigenvalue weighted by molar-refractivity contribution is 7.99. The lowest BCUT2D eigenvalue weighted by Gasteiger charge is -2.08. The van der Waals surface area contributed by atoms with Gasteiger partial charge in [-0.2, -0.15) is 0 Å². The van der Waals surface area contributed by atoms with Crippen molar-refractivity contribution in [1.29, 1.82) is 0 Å². The number of unbranched alkanes of at least 4 members (excludes halogenated alkanes) is 1. The number of rotatable bonds is 5. The molecule has 0 aliphatic carbocycles. The van der Waals surface area contributed by atoms with E-state index in [2.05, 4.69) is 18.7 Å². The third kappa shape index (κ3) is 2.38. The Morgan fingerprint density at radius 2 is 2.31 bits per heavy atom. The normalized spacial score (nSPS) is 18.1. The summed E-state index contributed by atoms with van der Waals surface area (Å²) in [6, 6.07) is 8.26. The number of fused-ring (bicyclic) bond motifs is 1. The lowest BCUT2D eigenvalue weighted by Crippen LogP contribution is -2.11. The SMILES string of the molecule is C=CCCCC(=O)C1CSc2ccccc21. The molecule has 1 aromatic rings. The summed E-state index contributed by atoms with van der Waals surface area (Å²) in [6.45, 7) is 3.68. The fraction of sp³-hybridized carbons (Fsp3) is 0.357. The van der Waals surface area contributed by atoms with Crippen molar-refractivity contribution in [3.8, 4) is 0 Å². The summed E-state index contributed by atoms with van der Waals surface area (Å²) >= 11 is 1.80. The van der Waals surface area contributed by atoms with Crippen LogP contribution in [0.5, 0.6) is 0 Å². The zero-order valence-electron chi connectivity index (χ0n) is 9.32. The molecule has 2 rings (SSSR count). The molecule has 0 amide bonds. The van der Waals surface area contributed by atoms with Crippen molar-refractivity contribution >= 4 is 17.5 Å². The highest BCUT2D eigenvalue weighted by Gasteiger charge is 2.27. The second-order valence-corrected chi connectivity index (χ2v) is 5.11. The van der Waals surface area contributed by atoms with Gasteiger partial charge in [-0.1, -0.05) is 24.3 Å². The van der Waals surface area contributed by atoms with Crippen molar-refractivity contribution < 1.29 is 4.79 Å². The molecule has 0 spiro atoms. The molecular formula is C14H16OS. The second kappa shape index (κ2) is 5.35. The van der Waals surface area contributed by atoms with Gasteiger partial charge in [0.25, 0.3) is 0 Å². The lowest BCUT2D eigenvalue weighted by atomic mass is 9.94. The quantitative estimate of drug-likeness (QED) is 0.567. The van der Waals surface area contributed by atoms with Crippen LogP contribution in [-0.2, 0) is 4.79 Å². The van der Waals surface area contributed by atoms with Crippen molar-refractivity contribution in [3.63, 3.8) is 0 Å². The number of Topliss-reactive ketones (excluding diaryl/α,β-unsaturated/α-hetero) is 1. The van der Waals surface area contributed by atoms with Crippen LogP contribution in [0.4, 0.5) is 0 Å². The first-order valence-electron chi connectivity index (χ1n) is 5.68. The summed E-state index contributed by atoms with van der Waals surface area (Å²) in [5.41, 5.74) is 1.23. The molecule has 0 saturated heterocycles. The van der Waals surface area contributed by atoms with E-state index < -0.39 is 0 Å². The average Bonchev–Trinajstić information content (AvgIpc) is 2.73. The zero-order valence-corrected chi connectivity index (χ0v) is 10.1. The molecule has 0 radical (unpaired) electrons. The van der Waals surface area contributed by atoms with Gasteiger partial charge in [-0.25, -0.2) is 0 Å². The van der Waals surface area contributed by atoms with E-state index in [1.807, 2.05) is 18.2 Å². The zero-order chi connectivity index (χ0) is 11.4. The maximum Gasteiger partial charge on any atom is 0.141 e. The van der Waals surface area contributed by atoms with Gasteiger partial charge in [0.2, 0.25) is 0 Å². The summed E-state index contributed by atoms with van der Waals surface area (Å²) < 4.78 is 0. The Balaban J connectivity index is 2.01. The smallest absolute Gasteiger partial charge is 0.141 e. The summed E-state index contributed by atoms with van der Waals surface area (Å²) in [5.74, 6) is 1.44. The van der Waals surface area contributed by atoms with E-state index in [0.717, 1.165) is 18.6 Å². The van der Waals surface area contributed by atoms with Gasteiger partial charge < -0.3 is 0 Å². The summed E-state index contributed by atoms with van der Waals surface area (Å²) in [4.78, 5) is 13.3. The van der Waals surface area contributed by atoms with Crippen LogP contribution in [0.1, 0.15) is 30.7 Å². The van der Waals surface area contributed by atoms with Gasteiger partial charge in [0.05, 0.1) is 5.92 Å². The number of hydrogen-bond donors (Lipinski definition) is 0. The van der Waals surface area contributed by atoms with Crippen LogP contribution < -0.4 is 0 Å². The van der Waals surface area contributed by atoms with Crippen LogP contribution >= 0.6 is 11.8 Å². The molecule has 0 bridgehead atoms. The molecule has 16 heavy (non-hydrogen) atoms. The number of benzene rings is 1. The van der Waals surface area contributed by atoms with E-state index in [0.29, 0.717) is 12.2 Å². The van der Waals surface area contributed by atoms with E-state index >= 15 is 0 Å². The molecule has 1 nitrogen and oxygen atoms in total. The molecular weight excluding hydrogens is 216 g/mol. The number of hydrogen-bond acceptors (Lipinski definition) is 2. The average molecular weight is 232 g/mol. The molecule has 1 aliphatic rings. The van der Waals surface area contributed by atoms with E-state index in [1.165, 1.54) is 10.5 Å². The number of carbonyl (C=O) groups is 1. The Hall–Kier alpha value is -1.02. The minimum absolute atomic E-state index is 0.131. The third-order valence-corrected chi connectivity index (χ3v) is 4.10. The molecule has 0 aromatic heterocycles. The Bertz CT molecular complexity index is 397. The largest absolute Gasteiger partial charge is 0.299 e. The van der Waals surface area contributed by atoms with Gasteiger partial charge in [-0.15, -0.1) is 18.3 Å². The Kier molecular flexibility index (Phi) is 3.83. The Morgan fingerprint density at radius 3 is 3.12 bits per heavy atom. The fourth-order valence-electron chi connectivity index (χ4n) is 2.02. The van der Waals surface area contributed by atoms with Crippen LogP contribution in [0.2, 0.25) is 0 Å². The molecule has 1 aromatic carbocycles. The molecule has 2 heteroatoms. The van der Waals surface area contributed by atoms with Crippen molar-refractivity contribution in [3.05, 3.63) is 42.5 Å². The van der Waals surface area contributed by atoms with Gasteiger partial charge in [0.1, 0.15) is 5.78 Å². The van der Waals surface area contributed by atoms with Gasteiger partial charge >= 0.3 is 0 Å². The molecule has 0 saturated carbocycles. The van der Waals surface area contributed by atoms with Gasteiger partial charge in [-0.05, 0) is 24.5 Å². The second-order valence-electron chi connectivity index (χ2n) is 4.05. The number of ketones is 1. The van der Waals surface area contributed by atoms with Crippen LogP contribution in [0.25, 0.3) is 0 Å². The first kappa shape index (κ1) is 11.5. The topological polar surface area (TPSA) is 17.1 Å². The van der Waals surface area contributed by atoms with Gasteiger partial charge in [0.15, 0.2) is 0 Å². The first-order valence-corrected chi connectivity index (χ1v) is 6.67. The fourth-order valence-corrected chi connectivity index (χ4v) is 3.29. The number of thioether (sulfide) groups is 1. The summed E-state index contributed by atoms with van der Waals surface area (Å²) in [5, 5.41) is 0. The van der Waals surface area contributed by atoms with Crippen LogP contribution in [0, 0.1) is 0 Å². The number of carbonyl (C=O) groups excluding carboxylic acids is 1. The van der Waals surface area contributed by atoms with Crippen molar-refractivity contribution in [2.75, 3.05) is 5.75 Å². The highest BCUT2D eigenvalue weighted by Crippen LogP contribution is 2.40. The predicted molar refractivity (Wildman–Crippen MR) is 69.0 cm³/mol. The van der Waals surface area contributed by atoms with Crippen LogP contribution in [0.3, 0.4) is 0 Å². The first-order chi connectivity index (χ1) is 7.83. The molecule has 0 N–H and O–H groups in total. The van der Waals surface area contributed by atoms with Crippen LogP contribution in [0.15, 0.2) is 41.8 Å². The molecule has 1 aliphatic heterocycles. The van der Waals surface area contributed by atoms with E-state index in [-0.39, 0.29) is 5.92 Å². The molecule has 1 heterocycles. The van der Waals surface area contributed by atoms with Crippen molar-refractivity contribution in [2.45, 2.75) is 30.1 Å². The summed E-state index contributed by atoms with van der Waals surface area (Å²) in [6.07, 6.45) is 4.44. The predicted octanol–water partition coefficient (Wildman–Crippen LogP) is 3.80. The van der Waals surface area contributed by atoms with E-state index in [9.17, 15) is 4.79 Å². The highest BCUT2D eigenvalue weighted by atomic mass is 32.2. The van der Waals surface area contributed by atoms with Gasteiger partial charge in [-0.3, -0.25) is 4.79 Å². The van der Waals surface area contributed by atoms with E-state index in [1.54, 1.807) is 11.8 Å². The molecule has 84 valence electrons. The maximum atomic E-state index is 12.0. The minimum Gasteiger partial charge on any atom is -0.299 e. The Labute approximate surface area is 101 Å². The maximum absolute atomic E-state index is 12.0. The monoisotopic (exact) mass is 232 g/mol. The van der Waals surface area contributed by atoms with Crippen LogP contribution in [-0.4, -0.2) is 11.5 Å². The third-order valence-electron chi connectivity index (χ3n) is 2.92. The summed E-state index contributed by atoms with van der Waals surface area (Å²) in [7, 11) is 0. The van der Waals surface area contributed by atoms with E-state index in [4.69, 9.17) is 0 Å². The number of allylic oxidation sites excluding steroid dienone is 1. The van der Waals surface area contributed by atoms with Crippen molar-refractivity contribution in [1.82, 2.24) is 0 Å². The lowest BCUT2D eigenvalue weighted by molar-refractivity contribution is -0.120. The molecule has 1 atom stereocenters. The standard InChI is InChI=1S/C14H16OS/c1-2-3-4-8-13(15)12-10-16-14-9-6-5-7-11(12)14/h2,5-7,9,12H,1,3-4,8,10H2. The van der Waals surface area contributed by atoms with Crippen molar-refractivity contribution in [2.24, 2.45) is 0 Å². The minimum atomic E-state index is 0.131. The van der Waals surface area contributed by atoms with Gasteiger partial charge in [0, 0.05) is 17.1 Å².